The highest BCUT2D eigenvalue weighted by Crippen LogP contribution is 2.60. The normalized spacial score (nSPS) is 36.0. The maximum absolute atomic E-state index is 13.0. The number of ether oxygens (including phenoxy) is 1. The summed E-state index contributed by atoms with van der Waals surface area (Å²) in [5.41, 5.74) is 0.474. The second-order valence-electron chi connectivity index (χ2n) is 6.84. The highest BCUT2D eigenvalue weighted by molar-refractivity contribution is 9.12. The molecule has 2 amide bonds. The molecule has 6 atom stereocenters. The third-order valence-corrected chi connectivity index (χ3v) is 8.79. The zero-order valence-electron chi connectivity index (χ0n) is 13.5. The number of esters is 1. The zero-order chi connectivity index (χ0) is 17.9. The summed E-state index contributed by atoms with van der Waals surface area (Å²) in [5.74, 6) is -0.411. The van der Waals surface area contributed by atoms with Crippen LogP contribution >= 0.6 is 31.9 Å². The summed E-state index contributed by atoms with van der Waals surface area (Å²) in [5, 5.41) is 0. The number of nitrogens with zero attached hydrogens (tertiary/aromatic N) is 1. The van der Waals surface area contributed by atoms with E-state index < -0.39 is 0 Å². The number of anilines is 1. The van der Waals surface area contributed by atoms with Crippen molar-refractivity contribution in [1.82, 2.24) is 0 Å². The first-order chi connectivity index (χ1) is 11.9. The van der Waals surface area contributed by atoms with Crippen molar-refractivity contribution in [3.05, 3.63) is 24.3 Å². The summed E-state index contributed by atoms with van der Waals surface area (Å²) in [6, 6.07) is 6.63. The highest BCUT2D eigenvalue weighted by atomic mass is 79.9. The third kappa shape index (κ3) is 2.50. The van der Waals surface area contributed by atoms with Crippen LogP contribution in [0.15, 0.2) is 24.3 Å². The second kappa shape index (κ2) is 6.20. The Morgan fingerprint density at radius 3 is 2.32 bits per heavy atom. The van der Waals surface area contributed by atoms with E-state index in [1.54, 1.807) is 31.2 Å². The van der Waals surface area contributed by atoms with Gasteiger partial charge in [0, 0.05) is 22.1 Å². The van der Waals surface area contributed by atoms with Gasteiger partial charge in [0.25, 0.3) is 0 Å². The predicted octanol–water partition coefficient (Wildman–Crippen LogP) is 3.28. The number of fused-ring (bicyclic) bond motifs is 5. The van der Waals surface area contributed by atoms with Gasteiger partial charge >= 0.3 is 5.97 Å². The van der Waals surface area contributed by atoms with E-state index in [4.69, 9.17) is 4.74 Å². The Balaban J connectivity index is 1.65. The van der Waals surface area contributed by atoms with Gasteiger partial charge in [-0.2, -0.15) is 0 Å². The molecule has 1 aromatic carbocycles. The molecule has 0 radical (unpaired) electrons. The Labute approximate surface area is 162 Å². The SMILES string of the molecule is CCC(=O)Oc1cccc(N2C(=O)[C@@H]3[C@H]4C[C@@H]([C@H](Br)[C@@H]4Br)[C@@H]3C2=O)c1. The van der Waals surface area contributed by atoms with Crippen LogP contribution in [0.4, 0.5) is 5.69 Å². The summed E-state index contributed by atoms with van der Waals surface area (Å²) in [7, 11) is 0. The summed E-state index contributed by atoms with van der Waals surface area (Å²) in [6.45, 7) is 1.71. The minimum atomic E-state index is -0.351. The molecule has 5 nitrogen and oxygen atoms in total. The van der Waals surface area contributed by atoms with Crippen molar-refractivity contribution in [2.45, 2.75) is 29.4 Å². The number of alkyl halides is 2. The average molecular weight is 471 g/mol. The van der Waals surface area contributed by atoms with E-state index in [0.717, 1.165) is 6.42 Å². The van der Waals surface area contributed by atoms with Crippen LogP contribution in [0.25, 0.3) is 0 Å². The molecule has 1 heterocycles. The molecule has 3 aliphatic rings. The molecule has 2 aliphatic carbocycles. The number of rotatable bonds is 3. The molecule has 0 aromatic heterocycles. The molecule has 132 valence electrons. The fraction of sp³-hybridized carbons (Fsp3) is 0.500. The lowest BCUT2D eigenvalue weighted by atomic mass is 9.81. The van der Waals surface area contributed by atoms with Crippen LogP contribution in [0.1, 0.15) is 19.8 Å². The summed E-state index contributed by atoms with van der Waals surface area (Å²) in [4.78, 5) is 39.2. The fourth-order valence-corrected chi connectivity index (χ4v) is 6.37. The summed E-state index contributed by atoms with van der Waals surface area (Å²) in [6.07, 6.45) is 1.17. The van der Waals surface area contributed by atoms with Crippen LogP contribution in [-0.2, 0) is 14.4 Å². The molecular formula is C18H17Br2NO4. The van der Waals surface area contributed by atoms with Crippen molar-refractivity contribution in [2.24, 2.45) is 23.7 Å². The van der Waals surface area contributed by atoms with Crippen LogP contribution in [0.5, 0.6) is 5.75 Å². The van der Waals surface area contributed by atoms with Gasteiger partial charge in [0.1, 0.15) is 5.75 Å². The molecule has 4 rings (SSSR count). The number of hydrogen-bond acceptors (Lipinski definition) is 4. The van der Waals surface area contributed by atoms with Crippen LogP contribution in [0, 0.1) is 23.7 Å². The van der Waals surface area contributed by atoms with Crippen molar-refractivity contribution in [2.75, 3.05) is 4.90 Å². The van der Waals surface area contributed by atoms with Crippen molar-refractivity contribution in [3.63, 3.8) is 0 Å². The van der Waals surface area contributed by atoms with E-state index in [1.807, 2.05) is 0 Å². The van der Waals surface area contributed by atoms with E-state index in [2.05, 4.69) is 31.9 Å². The number of halogens is 2. The van der Waals surface area contributed by atoms with Crippen molar-refractivity contribution in [1.29, 1.82) is 0 Å². The largest absolute Gasteiger partial charge is 0.426 e. The lowest BCUT2D eigenvalue weighted by Crippen LogP contribution is -2.37. The van der Waals surface area contributed by atoms with Gasteiger partial charge in [-0.25, -0.2) is 4.90 Å². The van der Waals surface area contributed by atoms with E-state index in [9.17, 15) is 14.4 Å². The minimum absolute atomic E-state index is 0.134. The molecule has 1 aromatic rings. The Morgan fingerprint density at radius 2 is 1.76 bits per heavy atom. The lowest BCUT2D eigenvalue weighted by Gasteiger charge is -2.28. The van der Waals surface area contributed by atoms with Crippen molar-refractivity contribution >= 4 is 55.3 Å². The van der Waals surface area contributed by atoms with Crippen LogP contribution in [-0.4, -0.2) is 27.4 Å². The minimum Gasteiger partial charge on any atom is -0.426 e. The van der Waals surface area contributed by atoms with Crippen LogP contribution in [0.2, 0.25) is 0 Å². The first-order valence-electron chi connectivity index (χ1n) is 8.40. The second-order valence-corrected chi connectivity index (χ2v) is 8.96. The van der Waals surface area contributed by atoms with E-state index >= 15 is 0 Å². The maximum atomic E-state index is 13.0. The molecule has 1 aliphatic heterocycles. The van der Waals surface area contributed by atoms with Crippen molar-refractivity contribution < 1.29 is 19.1 Å². The maximum Gasteiger partial charge on any atom is 0.310 e. The molecule has 2 bridgehead atoms. The first-order valence-corrected chi connectivity index (χ1v) is 10.2. The number of amides is 2. The fourth-order valence-electron chi connectivity index (χ4n) is 4.49. The summed E-state index contributed by atoms with van der Waals surface area (Å²) >= 11 is 7.36. The van der Waals surface area contributed by atoms with Gasteiger partial charge in [0.05, 0.1) is 17.5 Å². The van der Waals surface area contributed by atoms with Crippen LogP contribution < -0.4 is 9.64 Å². The number of imide groups is 1. The molecule has 25 heavy (non-hydrogen) atoms. The molecular weight excluding hydrogens is 454 g/mol. The first kappa shape index (κ1) is 17.2. The zero-order valence-corrected chi connectivity index (χ0v) is 16.7. The molecule has 0 spiro atoms. The molecule has 0 unspecified atom stereocenters. The number of carbonyl (C=O) groups is 3. The van der Waals surface area contributed by atoms with Gasteiger partial charge in [0.2, 0.25) is 11.8 Å². The van der Waals surface area contributed by atoms with Crippen LogP contribution in [0.3, 0.4) is 0 Å². The predicted molar refractivity (Wildman–Crippen MR) is 98.9 cm³/mol. The Kier molecular flexibility index (Phi) is 4.27. The standard InChI is InChI=1S/C18H17Br2NO4/c1-2-12(22)25-9-5-3-4-8(6-9)21-17(23)13-10-7-11(14(13)18(21)24)16(20)15(10)19/h3-6,10-11,13-16H,2,7H2,1H3/t10-,11-,13-,14+,15-,16+/m1/s1. The van der Waals surface area contributed by atoms with Gasteiger partial charge in [-0.05, 0) is 30.4 Å². The molecule has 1 saturated heterocycles. The third-order valence-electron chi connectivity index (χ3n) is 5.58. The molecule has 2 saturated carbocycles. The van der Waals surface area contributed by atoms with E-state index in [0.29, 0.717) is 11.4 Å². The van der Waals surface area contributed by atoms with Gasteiger partial charge in [0.15, 0.2) is 0 Å². The molecule has 3 fully saturated rings. The Bertz CT molecular complexity index is 735. The van der Waals surface area contributed by atoms with Gasteiger partial charge in [-0.3, -0.25) is 14.4 Å². The summed E-state index contributed by atoms with van der Waals surface area (Å²) < 4.78 is 5.21. The quantitative estimate of drug-likeness (QED) is 0.294. The van der Waals surface area contributed by atoms with Gasteiger partial charge < -0.3 is 4.74 Å². The molecule has 0 N–H and O–H groups in total. The molecule has 7 heteroatoms. The van der Waals surface area contributed by atoms with Gasteiger partial charge in [-0.15, -0.1) is 0 Å². The monoisotopic (exact) mass is 469 g/mol. The van der Waals surface area contributed by atoms with Crippen molar-refractivity contribution in [3.8, 4) is 5.75 Å². The highest BCUT2D eigenvalue weighted by Gasteiger charge is 2.66. The van der Waals surface area contributed by atoms with Gasteiger partial charge in [-0.1, -0.05) is 44.8 Å². The van der Waals surface area contributed by atoms with E-state index in [-0.39, 0.29) is 57.5 Å². The number of hydrogen-bond donors (Lipinski definition) is 0. The number of carbonyl (C=O) groups excluding carboxylic acids is 3. The average Bonchev–Trinajstić information content (AvgIpc) is 3.20. The van der Waals surface area contributed by atoms with E-state index in [1.165, 1.54) is 4.90 Å². The smallest absolute Gasteiger partial charge is 0.310 e. The Hall–Kier alpha value is -1.21. The number of benzene rings is 1. The lowest BCUT2D eigenvalue weighted by molar-refractivity contribution is -0.134. The Morgan fingerprint density at radius 1 is 1.16 bits per heavy atom. The topological polar surface area (TPSA) is 63.7 Å².